The number of aromatic nitrogens is 1. The number of fused-ring (bicyclic) bond motifs is 2. The monoisotopic (exact) mass is 528 g/mol. The van der Waals surface area contributed by atoms with E-state index in [9.17, 15) is 9.59 Å². The molecule has 1 heterocycles. The maximum Gasteiger partial charge on any atom is 0.239 e. The fourth-order valence-corrected chi connectivity index (χ4v) is 5.33. The topological polar surface area (TPSA) is 110 Å². The van der Waals surface area contributed by atoms with Gasteiger partial charge in [0.2, 0.25) is 11.8 Å². The molecular weight excluding hydrogens is 492 g/mol. The summed E-state index contributed by atoms with van der Waals surface area (Å²) in [6.07, 6.45) is 5.09. The summed E-state index contributed by atoms with van der Waals surface area (Å²) in [6.45, 7) is 4.39. The second-order valence-corrected chi connectivity index (χ2v) is 9.42. The Morgan fingerprint density at radius 3 is 2.49 bits per heavy atom. The Morgan fingerprint density at radius 2 is 1.84 bits per heavy atom. The first-order chi connectivity index (χ1) is 17.4. The zero-order chi connectivity index (χ0) is 25.8. The number of carbonyl (C=O) groups excluding carboxylic acids is 2. The fourth-order valence-electron chi connectivity index (χ4n) is 5.33. The van der Waals surface area contributed by atoms with Crippen LogP contribution in [0.25, 0.3) is 10.9 Å². The van der Waals surface area contributed by atoms with Crippen molar-refractivity contribution in [3.05, 3.63) is 59.3 Å². The molecule has 37 heavy (non-hydrogen) atoms. The van der Waals surface area contributed by atoms with Crippen molar-refractivity contribution in [2.24, 2.45) is 5.73 Å². The second-order valence-electron chi connectivity index (χ2n) is 9.42. The van der Waals surface area contributed by atoms with Crippen molar-refractivity contribution < 1.29 is 19.1 Å². The summed E-state index contributed by atoms with van der Waals surface area (Å²) in [5.41, 5.74) is 10.0. The predicted molar refractivity (Wildman–Crippen MR) is 148 cm³/mol. The van der Waals surface area contributed by atoms with E-state index in [2.05, 4.69) is 40.3 Å². The lowest BCUT2D eigenvalue weighted by Crippen LogP contribution is -2.56. The number of nitrogens with two attached hydrogens (primary N) is 1. The van der Waals surface area contributed by atoms with Crippen LogP contribution in [0.3, 0.4) is 0 Å². The number of H-pyrrole nitrogens is 1. The minimum Gasteiger partial charge on any atom is -0.493 e. The van der Waals surface area contributed by atoms with Crippen LogP contribution in [0, 0.1) is 0 Å². The zero-order valence-corrected chi connectivity index (χ0v) is 22.7. The highest BCUT2D eigenvalue weighted by atomic mass is 35.5. The second kappa shape index (κ2) is 12.3. The number of carbonyl (C=O) groups is 2. The molecule has 2 aromatic carbocycles. The number of amides is 2. The minimum absolute atomic E-state index is 0. The third-order valence-corrected chi connectivity index (χ3v) is 7.32. The van der Waals surface area contributed by atoms with Gasteiger partial charge in [-0.05, 0) is 74.0 Å². The predicted octanol–water partition coefficient (Wildman–Crippen LogP) is 3.39. The third-order valence-electron chi connectivity index (χ3n) is 7.32. The number of hydrogen-bond acceptors (Lipinski definition) is 5. The van der Waals surface area contributed by atoms with Gasteiger partial charge in [-0.15, -0.1) is 12.4 Å². The van der Waals surface area contributed by atoms with Crippen LogP contribution in [-0.2, 0) is 28.9 Å². The normalized spacial score (nSPS) is 16.4. The molecule has 0 spiro atoms. The van der Waals surface area contributed by atoms with E-state index in [-0.39, 0.29) is 24.4 Å². The number of ether oxygens (including phenoxy) is 2. The standard InChI is InChI=1S/C28H36N4O4.ClH/c1-5-32(21-11-10-18-14-25(35-3)26(36-4)15-19(18)12-21)24(28(34)31-17(2)27(29)33)13-20-16-30-23-9-7-6-8-22(20)23;/h6-9,14-17,21,24,30H,5,10-13H2,1-4H3,(H2,29,33)(H,31,34);1H/t17-,21?,24-;/m0./s1. The Bertz CT molecular complexity index is 1240. The Morgan fingerprint density at radius 1 is 1.16 bits per heavy atom. The first kappa shape index (κ1) is 28.3. The van der Waals surface area contributed by atoms with Gasteiger partial charge in [-0.25, -0.2) is 0 Å². The smallest absolute Gasteiger partial charge is 0.239 e. The highest BCUT2D eigenvalue weighted by Gasteiger charge is 2.34. The molecule has 4 rings (SSSR count). The summed E-state index contributed by atoms with van der Waals surface area (Å²) >= 11 is 0. The Balaban J connectivity index is 0.00000380. The molecule has 1 aliphatic carbocycles. The van der Waals surface area contributed by atoms with E-state index in [4.69, 9.17) is 15.2 Å². The van der Waals surface area contributed by atoms with Gasteiger partial charge >= 0.3 is 0 Å². The van der Waals surface area contributed by atoms with Gasteiger partial charge in [0.1, 0.15) is 6.04 Å². The molecule has 9 heteroatoms. The number of halogens is 1. The molecule has 0 bridgehead atoms. The first-order valence-electron chi connectivity index (χ1n) is 12.5. The van der Waals surface area contributed by atoms with E-state index in [0.29, 0.717) is 18.7 Å². The number of hydrogen-bond donors (Lipinski definition) is 3. The molecule has 0 radical (unpaired) electrons. The number of rotatable bonds is 10. The summed E-state index contributed by atoms with van der Waals surface area (Å²) in [5.74, 6) is 0.707. The molecule has 3 aromatic rings. The van der Waals surface area contributed by atoms with Crippen molar-refractivity contribution >= 4 is 35.1 Å². The summed E-state index contributed by atoms with van der Waals surface area (Å²) < 4.78 is 11.0. The molecule has 2 amide bonds. The number of methoxy groups -OCH3 is 2. The molecule has 8 nitrogen and oxygen atoms in total. The largest absolute Gasteiger partial charge is 0.493 e. The van der Waals surface area contributed by atoms with Crippen LogP contribution >= 0.6 is 12.4 Å². The van der Waals surface area contributed by atoms with E-state index in [0.717, 1.165) is 41.5 Å². The van der Waals surface area contributed by atoms with E-state index >= 15 is 0 Å². The molecule has 4 N–H and O–H groups in total. The van der Waals surface area contributed by atoms with Crippen molar-refractivity contribution in [2.75, 3.05) is 20.8 Å². The van der Waals surface area contributed by atoms with Gasteiger partial charge in [0.25, 0.3) is 0 Å². The molecule has 1 aromatic heterocycles. The molecule has 3 atom stereocenters. The number of nitrogens with one attached hydrogen (secondary N) is 2. The van der Waals surface area contributed by atoms with E-state index in [1.807, 2.05) is 24.4 Å². The average molecular weight is 529 g/mol. The minimum atomic E-state index is -0.745. The van der Waals surface area contributed by atoms with Gasteiger partial charge in [-0.3, -0.25) is 14.5 Å². The van der Waals surface area contributed by atoms with Crippen LogP contribution in [0.5, 0.6) is 11.5 Å². The number of nitrogens with zero attached hydrogens (tertiary/aromatic N) is 1. The highest BCUT2D eigenvalue weighted by molar-refractivity contribution is 5.90. The molecule has 1 unspecified atom stereocenters. The van der Waals surface area contributed by atoms with Crippen molar-refractivity contribution in [2.45, 2.75) is 57.7 Å². The Labute approximate surface area is 224 Å². The lowest BCUT2D eigenvalue weighted by Gasteiger charge is -2.39. The van der Waals surface area contributed by atoms with Crippen LogP contribution in [0.4, 0.5) is 0 Å². The first-order valence-corrected chi connectivity index (χ1v) is 12.5. The molecule has 200 valence electrons. The highest BCUT2D eigenvalue weighted by Crippen LogP contribution is 2.36. The van der Waals surface area contributed by atoms with Gasteiger partial charge < -0.3 is 25.5 Å². The van der Waals surface area contributed by atoms with Gasteiger partial charge in [-0.1, -0.05) is 25.1 Å². The summed E-state index contributed by atoms with van der Waals surface area (Å²) in [7, 11) is 3.29. The number of para-hydroxylation sites is 1. The molecule has 1 aliphatic rings. The quantitative estimate of drug-likeness (QED) is 0.374. The molecule has 0 saturated heterocycles. The number of aromatic amines is 1. The van der Waals surface area contributed by atoms with Gasteiger partial charge in [0.05, 0.1) is 20.3 Å². The maximum absolute atomic E-state index is 13.6. The van der Waals surface area contributed by atoms with Crippen molar-refractivity contribution in [1.82, 2.24) is 15.2 Å². The SMILES string of the molecule is CCN(C1CCc2cc(OC)c(OC)cc2C1)[C@@H](Cc1c[nH]c2ccccc12)C(=O)N[C@@H](C)C(N)=O.Cl. The van der Waals surface area contributed by atoms with E-state index < -0.39 is 18.0 Å². The van der Waals surface area contributed by atoms with Crippen molar-refractivity contribution in [3.8, 4) is 11.5 Å². The molecule has 0 aliphatic heterocycles. The Kier molecular flexibility index (Phi) is 9.45. The molecule has 0 fully saturated rings. The average Bonchev–Trinajstić information content (AvgIpc) is 3.30. The van der Waals surface area contributed by atoms with Crippen LogP contribution < -0.4 is 20.5 Å². The lowest BCUT2D eigenvalue weighted by atomic mass is 9.86. The zero-order valence-electron chi connectivity index (χ0n) is 21.9. The fraction of sp³-hybridized carbons (Fsp3) is 0.429. The van der Waals surface area contributed by atoms with Crippen LogP contribution in [0.2, 0.25) is 0 Å². The number of likely N-dealkylation sites (N-methyl/N-ethyl adjacent to an activating group) is 1. The maximum atomic E-state index is 13.6. The molecular formula is C28H37ClN4O4. The van der Waals surface area contributed by atoms with Crippen LogP contribution in [0.15, 0.2) is 42.6 Å². The van der Waals surface area contributed by atoms with Crippen molar-refractivity contribution in [1.29, 1.82) is 0 Å². The van der Waals surface area contributed by atoms with E-state index in [1.165, 1.54) is 11.1 Å². The third kappa shape index (κ3) is 6.02. The van der Waals surface area contributed by atoms with Gasteiger partial charge in [0.15, 0.2) is 11.5 Å². The van der Waals surface area contributed by atoms with E-state index in [1.54, 1.807) is 21.1 Å². The van der Waals surface area contributed by atoms with Crippen molar-refractivity contribution in [3.63, 3.8) is 0 Å². The lowest BCUT2D eigenvalue weighted by molar-refractivity contribution is -0.131. The summed E-state index contributed by atoms with van der Waals surface area (Å²) in [4.78, 5) is 30.9. The van der Waals surface area contributed by atoms with Crippen LogP contribution in [0.1, 0.15) is 37.0 Å². The van der Waals surface area contributed by atoms with Crippen LogP contribution in [-0.4, -0.2) is 60.6 Å². The summed E-state index contributed by atoms with van der Waals surface area (Å²) in [6, 6.07) is 11.2. The van der Waals surface area contributed by atoms with Gasteiger partial charge in [0, 0.05) is 23.1 Å². The number of aryl methyl sites for hydroxylation is 1. The van der Waals surface area contributed by atoms with Gasteiger partial charge in [-0.2, -0.15) is 0 Å². The molecule has 0 saturated carbocycles. The summed E-state index contributed by atoms with van der Waals surface area (Å²) in [5, 5.41) is 3.94. The number of benzene rings is 2. The number of primary amides is 1. The Hall–Kier alpha value is -3.23.